The molecule has 2 N–H and O–H groups in total. The molecule has 0 aliphatic rings. The number of carbonyl (C=O) groups excluding carboxylic acids is 1. The van der Waals surface area contributed by atoms with E-state index in [1.54, 1.807) is 17.7 Å². The SMILES string of the molecule is Cc1cc(NC(=O)c2cc(Cl)ccc2[N+](=O)[O-])n(-c2nc3c(cnn3-c3ccc(C)c(C)c3)c(=O)[nH]2)n1. The predicted octanol–water partition coefficient (Wildman–Crippen LogP) is 4.03. The summed E-state index contributed by atoms with van der Waals surface area (Å²) in [6.45, 7) is 5.65. The van der Waals surface area contributed by atoms with Gasteiger partial charge in [-0.15, -0.1) is 0 Å². The van der Waals surface area contributed by atoms with Crippen molar-refractivity contribution in [2.75, 3.05) is 5.32 Å². The number of hydrogen-bond acceptors (Lipinski definition) is 7. The number of benzene rings is 2. The van der Waals surface area contributed by atoms with Gasteiger partial charge in [0.05, 0.1) is 22.5 Å². The van der Waals surface area contributed by atoms with Crippen molar-refractivity contribution < 1.29 is 9.72 Å². The molecule has 5 rings (SSSR count). The molecule has 0 bridgehead atoms. The van der Waals surface area contributed by atoms with Gasteiger partial charge in [0.15, 0.2) is 5.65 Å². The first-order chi connectivity index (χ1) is 17.6. The first-order valence-corrected chi connectivity index (χ1v) is 11.4. The average Bonchev–Trinajstić information content (AvgIpc) is 3.44. The Labute approximate surface area is 213 Å². The summed E-state index contributed by atoms with van der Waals surface area (Å²) in [5, 5.41) is 23.1. The number of hydrogen-bond donors (Lipinski definition) is 2. The highest BCUT2D eigenvalue weighted by molar-refractivity contribution is 6.31. The third-order valence-corrected chi connectivity index (χ3v) is 6.07. The van der Waals surface area contributed by atoms with Crippen molar-refractivity contribution in [3.05, 3.63) is 96.5 Å². The van der Waals surface area contributed by atoms with Crippen LogP contribution in [0.5, 0.6) is 0 Å². The second kappa shape index (κ2) is 8.99. The number of halogens is 1. The van der Waals surface area contributed by atoms with E-state index in [1.165, 1.54) is 23.0 Å². The molecule has 12 nitrogen and oxygen atoms in total. The topological polar surface area (TPSA) is 154 Å². The van der Waals surface area contributed by atoms with E-state index < -0.39 is 22.1 Å². The first kappa shape index (κ1) is 23.9. The molecule has 3 aromatic heterocycles. The summed E-state index contributed by atoms with van der Waals surface area (Å²) in [6, 6.07) is 11.0. The molecule has 0 aliphatic carbocycles. The molecular weight excluding hydrogens is 500 g/mol. The number of fused-ring (bicyclic) bond motifs is 1. The predicted molar refractivity (Wildman–Crippen MR) is 137 cm³/mol. The standard InChI is InChI=1S/C24H19ClN8O4/c1-12-4-6-16(8-13(12)2)31-21-18(11-26-31)23(35)29-24(28-21)32-20(9-14(3)30-32)27-22(34)17-10-15(25)5-7-19(17)33(36)37/h4-11H,1-3H3,(H,27,34)(H,28,29,35). The highest BCUT2D eigenvalue weighted by Crippen LogP contribution is 2.25. The van der Waals surface area contributed by atoms with Crippen molar-refractivity contribution in [3.63, 3.8) is 0 Å². The van der Waals surface area contributed by atoms with Crippen LogP contribution in [0, 0.1) is 30.9 Å². The maximum absolute atomic E-state index is 13.0. The molecule has 13 heteroatoms. The van der Waals surface area contributed by atoms with Crippen LogP contribution in [-0.2, 0) is 0 Å². The molecular formula is C24H19ClN8O4. The van der Waals surface area contributed by atoms with Gasteiger partial charge < -0.3 is 5.32 Å². The molecule has 0 aliphatic heterocycles. The highest BCUT2D eigenvalue weighted by Gasteiger charge is 2.23. The summed E-state index contributed by atoms with van der Waals surface area (Å²) in [4.78, 5) is 43.9. The largest absolute Gasteiger partial charge is 0.306 e. The van der Waals surface area contributed by atoms with Crippen LogP contribution in [0.15, 0.2) is 53.5 Å². The van der Waals surface area contributed by atoms with Crippen LogP contribution in [0.1, 0.15) is 27.2 Å². The van der Waals surface area contributed by atoms with Crippen LogP contribution >= 0.6 is 11.6 Å². The lowest BCUT2D eigenvalue weighted by atomic mass is 10.1. The number of nitrogens with zero attached hydrogens (tertiary/aromatic N) is 6. The van der Waals surface area contributed by atoms with Crippen LogP contribution in [0.3, 0.4) is 0 Å². The van der Waals surface area contributed by atoms with Gasteiger partial charge >= 0.3 is 0 Å². The molecule has 1 amide bonds. The Morgan fingerprint density at radius 2 is 1.86 bits per heavy atom. The summed E-state index contributed by atoms with van der Waals surface area (Å²) < 4.78 is 2.78. The normalized spacial score (nSPS) is 11.1. The Morgan fingerprint density at radius 3 is 2.59 bits per heavy atom. The van der Waals surface area contributed by atoms with Crippen molar-refractivity contribution in [2.24, 2.45) is 0 Å². The van der Waals surface area contributed by atoms with E-state index in [1.807, 2.05) is 32.0 Å². The third-order valence-electron chi connectivity index (χ3n) is 5.83. The monoisotopic (exact) mass is 518 g/mol. The Kier molecular flexibility index (Phi) is 5.80. The minimum absolute atomic E-state index is 0.0204. The molecule has 186 valence electrons. The van der Waals surface area contributed by atoms with Crippen LogP contribution in [0.2, 0.25) is 5.02 Å². The molecule has 37 heavy (non-hydrogen) atoms. The molecule has 0 radical (unpaired) electrons. The van der Waals surface area contributed by atoms with E-state index in [-0.39, 0.29) is 33.4 Å². The van der Waals surface area contributed by atoms with Crippen molar-refractivity contribution in [2.45, 2.75) is 20.8 Å². The van der Waals surface area contributed by atoms with Gasteiger partial charge in [-0.1, -0.05) is 17.7 Å². The van der Waals surface area contributed by atoms with Gasteiger partial charge in [0.2, 0.25) is 5.95 Å². The number of carbonyl (C=O) groups is 1. The van der Waals surface area contributed by atoms with E-state index in [9.17, 15) is 19.7 Å². The number of nitro benzene ring substituents is 1. The van der Waals surface area contributed by atoms with Gasteiger partial charge in [0.25, 0.3) is 17.2 Å². The second-order valence-electron chi connectivity index (χ2n) is 8.41. The summed E-state index contributed by atoms with van der Waals surface area (Å²) >= 11 is 5.97. The van der Waals surface area contributed by atoms with Crippen LogP contribution in [-0.4, -0.2) is 40.4 Å². The Morgan fingerprint density at radius 1 is 1.08 bits per heavy atom. The highest BCUT2D eigenvalue weighted by atomic mass is 35.5. The number of nitro groups is 1. The number of amides is 1. The van der Waals surface area contributed by atoms with Crippen molar-refractivity contribution in [3.8, 4) is 11.6 Å². The molecule has 0 spiro atoms. The zero-order valence-electron chi connectivity index (χ0n) is 19.8. The second-order valence-corrected chi connectivity index (χ2v) is 8.84. The van der Waals surface area contributed by atoms with E-state index in [2.05, 4.69) is 25.5 Å². The summed E-state index contributed by atoms with van der Waals surface area (Å²) in [5.41, 5.74) is 2.58. The fraction of sp³-hybridized carbons (Fsp3) is 0.125. The quantitative estimate of drug-likeness (QED) is 0.263. The van der Waals surface area contributed by atoms with E-state index in [0.717, 1.165) is 22.9 Å². The number of aromatic amines is 1. The zero-order chi connectivity index (χ0) is 26.4. The maximum atomic E-state index is 13.0. The minimum Gasteiger partial charge on any atom is -0.306 e. The van der Waals surface area contributed by atoms with Crippen LogP contribution in [0.4, 0.5) is 11.5 Å². The van der Waals surface area contributed by atoms with Crippen LogP contribution in [0.25, 0.3) is 22.7 Å². The molecule has 0 saturated carbocycles. The Balaban J connectivity index is 1.59. The third kappa shape index (κ3) is 4.34. The fourth-order valence-electron chi connectivity index (χ4n) is 3.84. The van der Waals surface area contributed by atoms with Crippen molar-refractivity contribution in [1.29, 1.82) is 0 Å². The number of aryl methyl sites for hydroxylation is 3. The summed E-state index contributed by atoms with van der Waals surface area (Å²) in [6.07, 6.45) is 1.43. The molecule has 0 fully saturated rings. The number of aromatic nitrogens is 6. The fourth-order valence-corrected chi connectivity index (χ4v) is 4.01. The molecule has 2 aromatic carbocycles. The molecule has 0 atom stereocenters. The van der Waals surface area contributed by atoms with Crippen molar-refractivity contribution >= 4 is 40.0 Å². The molecule has 0 unspecified atom stereocenters. The summed E-state index contributed by atoms with van der Waals surface area (Å²) in [5.74, 6) is -0.623. The van der Waals surface area contributed by atoms with Gasteiger partial charge in [-0.25, -0.2) is 4.68 Å². The number of anilines is 1. The zero-order valence-corrected chi connectivity index (χ0v) is 20.6. The first-order valence-electron chi connectivity index (χ1n) is 11.0. The average molecular weight is 519 g/mol. The maximum Gasteiger partial charge on any atom is 0.282 e. The number of H-pyrrole nitrogens is 1. The smallest absolute Gasteiger partial charge is 0.282 e. The van der Waals surface area contributed by atoms with Gasteiger partial charge in [-0.2, -0.15) is 19.9 Å². The lowest BCUT2D eigenvalue weighted by Gasteiger charge is -2.10. The Bertz CT molecular complexity index is 1790. The molecule has 0 saturated heterocycles. The van der Waals surface area contributed by atoms with E-state index >= 15 is 0 Å². The summed E-state index contributed by atoms with van der Waals surface area (Å²) in [7, 11) is 0. The van der Waals surface area contributed by atoms with Gasteiger partial charge in [0, 0.05) is 17.2 Å². The number of nitrogens with one attached hydrogen (secondary N) is 2. The molecule has 3 heterocycles. The van der Waals surface area contributed by atoms with E-state index in [4.69, 9.17) is 11.6 Å². The van der Waals surface area contributed by atoms with E-state index in [0.29, 0.717) is 5.69 Å². The lowest BCUT2D eigenvalue weighted by molar-refractivity contribution is -0.385. The number of rotatable bonds is 5. The van der Waals surface area contributed by atoms with Crippen LogP contribution < -0.4 is 10.9 Å². The lowest BCUT2D eigenvalue weighted by Crippen LogP contribution is -2.19. The van der Waals surface area contributed by atoms with Crippen molar-refractivity contribution in [1.82, 2.24) is 29.5 Å². The Hall–Kier alpha value is -4.84. The van der Waals surface area contributed by atoms with Gasteiger partial charge in [-0.05, 0) is 56.2 Å². The van der Waals surface area contributed by atoms with Gasteiger partial charge in [-0.3, -0.25) is 24.7 Å². The molecule has 5 aromatic rings. The van der Waals surface area contributed by atoms with Gasteiger partial charge in [0.1, 0.15) is 16.8 Å². The minimum atomic E-state index is -0.779.